The molecule has 0 aliphatic heterocycles. The first kappa shape index (κ1) is 7.24. The van der Waals surface area contributed by atoms with E-state index in [0.29, 0.717) is 5.57 Å². The van der Waals surface area contributed by atoms with Gasteiger partial charge >= 0.3 is 0 Å². The third kappa shape index (κ3) is 3.43. The molecule has 0 aromatic rings. The van der Waals surface area contributed by atoms with Crippen molar-refractivity contribution in [2.45, 2.75) is 0 Å². The number of nitrogens with one attached hydrogen (secondary N) is 1. The third-order valence-corrected chi connectivity index (χ3v) is 0.689. The summed E-state index contributed by atoms with van der Waals surface area (Å²) >= 11 is 0. The Hall–Kier alpha value is -0.760. The Morgan fingerprint density at radius 1 is 1.88 bits per heavy atom. The molecule has 46 valence electrons. The van der Waals surface area contributed by atoms with Crippen LogP contribution >= 0.6 is 0 Å². The summed E-state index contributed by atoms with van der Waals surface area (Å²) in [6, 6.07) is 0. The van der Waals surface area contributed by atoms with Gasteiger partial charge in [0.25, 0.3) is 0 Å². The quantitative estimate of drug-likeness (QED) is 0.515. The van der Waals surface area contributed by atoms with Crippen LogP contribution < -0.4 is 5.32 Å². The molecule has 0 fully saturated rings. The van der Waals surface area contributed by atoms with Gasteiger partial charge in [0.2, 0.25) is 0 Å². The van der Waals surface area contributed by atoms with Crippen LogP contribution in [0.3, 0.4) is 0 Å². The summed E-state index contributed by atoms with van der Waals surface area (Å²) in [5, 5.41) is 11.2. The molecule has 0 unspecified atom stereocenters. The molecule has 8 heavy (non-hydrogen) atoms. The summed E-state index contributed by atoms with van der Waals surface area (Å²) in [5.41, 5.74) is 0.708. The smallest absolute Gasteiger partial charge is 0.0676 e. The van der Waals surface area contributed by atoms with Crippen molar-refractivity contribution in [1.82, 2.24) is 5.32 Å². The molecule has 0 saturated carbocycles. The third-order valence-electron chi connectivity index (χ3n) is 0.689. The summed E-state index contributed by atoms with van der Waals surface area (Å²) in [5.74, 6) is 0. The van der Waals surface area contributed by atoms with Gasteiger partial charge in [0, 0.05) is 7.05 Å². The fourth-order valence-corrected chi connectivity index (χ4v) is 0.254. The predicted molar refractivity (Wildman–Crippen MR) is 34.4 cm³/mol. The van der Waals surface area contributed by atoms with Gasteiger partial charge in [-0.3, -0.25) is 0 Å². The molecular formula is C6H11NO. The highest BCUT2D eigenvalue weighted by Gasteiger charge is 1.77. The van der Waals surface area contributed by atoms with Crippen LogP contribution in [0.1, 0.15) is 0 Å². The summed E-state index contributed by atoms with van der Waals surface area (Å²) < 4.78 is 0. The topological polar surface area (TPSA) is 32.3 Å². The summed E-state index contributed by atoms with van der Waals surface area (Å²) in [7, 11) is 1.79. The fraction of sp³-hybridized carbons (Fsp3) is 0.333. The zero-order valence-corrected chi connectivity index (χ0v) is 5.02. The summed E-state index contributed by atoms with van der Waals surface area (Å²) in [6.07, 6.45) is 3.44. The van der Waals surface area contributed by atoms with Gasteiger partial charge < -0.3 is 10.4 Å². The predicted octanol–water partition coefficient (Wildman–Crippen LogP) is 0.268. The lowest BCUT2D eigenvalue weighted by molar-refractivity contribution is 0.335. The maximum Gasteiger partial charge on any atom is 0.0676 e. The minimum atomic E-state index is 0.0260. The Labute approximate surface area is 49.5 Å². The molecule has 0 amide bonds. The molecule has 2 nitrogen and oxygen atoms in total. The van der Waals surface area contributed by atoms with Gasteiger partial charge in [0.15, 0.2) is 0 Å². The second kappa shape index (κ2) is 4.40. The van der Waals surface area contributed by atoms with Gasteiger partial charge in [-0.1, -0.05) is 6.58 Å². The van der Waals surface area contributed by atoms with Gasteiger partial charge in [0.05, 0.1) is 6.61 Å². The van der Waals surface area contributed by atoms with Crippen LogP contribution in [0, 0.1) is 0 Å². The summed E-state index contributed by atoms with van der Waals surface area (Å²) in [4.78, 5) is 0. The van der Waals surface area contributed by atoms with Crippen molar-refractivity contribution in [3.8, 4) is 0 Å². The first-order valence-electron chi connectivity index (χ1n) is 2.43. The molecule has 0 radical (unpaired) electrons. The highest BCUT2D eigenvalue weighted by molar-refractivity contribution is 5.13. The van der Waals surface area contributed by atoms with Crippen molar-refractivity contribution >= 4 is 0 Å². The second-order valence-corrected chi connectivity index (χ2v) is 1.44. The Bertz CT molecular complexity index is 96.7. The average Bonchev–Trinajstić information content (AvgIpc) is 1.83. The molecule has 0 rings (SSSR count). The Kier molecular flexibility index (Phi) is 3.98. The van der Waals surface area contributed by atoms with Crippen LogP contribution in [0.25, 0.3) is 0 Å². The van der Waals surface area contributed by atoms with E-state index in [1.807, 2.05) is 0 Å². The molecule has 0 heterocycles. The van der Waals surface area contributed by atoms with E-state index in [9.17, 15) is 0 Å². The van der Waals surface area contributed by atoms with E-state index in [1.165, 1.54) is 0 Å². The number of aliphatic hydroxyl groups is 1. The van der Waals surface area contributed by atoms with Crippen LogP contribution in [0.4, 0.5) is 0 Å². The lowest BCUT2D eigenvalue weighted by atomic mass is 10.3. The molecule has 0 aliphatic carbocycles. The average molecular weight is 113 g/mol. The van der Waals surface area contributed by atoms with E-state index in [1.54, 1.807) is 19.3 Å². The van der Waals surface area contributed by atoms with Gasteiger partial charge in [-0.05, 0) is 17.8 Å². The number of hydrogen-bond donors (Lipinski definition) is 2. The molecule has 0 atom stereocenters. The minimum Gasteiger partial charge on any atom is -0.394 e. The van der Waals surface area contributed by atoms with Gasteiger partial charge in [-0.2, -0.15) is 0 Å². The van der Waals surface area contributed by atoms with E-state index < -0.39 is 0 Å². The van der Waals surface area contributed by atoms with Crippen molar-refractivity contribution in [2.24, 2.45) is 0 Å². The highest BCUT2D eigenvalue weighted by Crippen LogP contribution is 1.86. The molecule has 0 bridgehead atoms. The van der Waals surface area contributed by atoms with E-state index in [-0.39, 0.29) is 6.61 Å². The van der Waals surface area contributed by atoms with Crippen molar-refractivity contribution in [3.63, 3.8) is 0 Å². The Balaban J connectivity index is 3.37. The van der Waals surface area contributed by atoms with Crippen molar-refractivity contribution in [3.05, 3.63) is 24.4 Å². The monoisotopic (exact) mass is 113 g/mol. The molecule has 0 spiro atoms. The zero-order chi connectivity index (χ0) is 6.41. The van der Waals surface area contributed by atoms with Crippen LogP contribution in [0.5, 0.6) is 0 Å². The normalized spacial score (nSPS) is 9.75. The lowest BCUT2D eigenvalue weighted by Gasteiger charge is -1.88. The SMILES string of the molecule is C=C(/C=C\NC)CO. The number of hydrogen-bond acceptors (Lipinski definition) is 2. The van der Waals surface area contributed by atoms with Gasteiger partial charge in [-0.15, -0.1) is 0 Å². The molecule has 0 saturated heterocycles. The van der Waals surface area contributed by atoms with E-state index in [2.05, 4.69) is 11.9 Å². The molecule has 0 aromatic heterocycles. The first-order chi connectivity index (χ1) is 3.81. The maximum atomic E-state index is 8.38. The number of rotatable bonds is 3. The first-order valence-corrected chi connectivity index (χ1v) is 2.43. The number of aliphatic hydroxyl groups excluding tert-OH is 1. The zero-order valence-electron chi connectivity index (χ0n) is 5.02. The summed E-state index contributed by atoms with van der Waals surface area (Å²) in [6.45, 7) is 3.56. The van der Waals surface area contributed by atoms with Crippen molar-refractivity contribution < 1.29 is 5.11 Å². The standard InChI is InChI=1S/C6H11NO/c1-6(5-8)3-4-7-2/h3-4,7-8H,1,5H2,2H3/b4-3-. The van der Waals surface area contributed by atoms with Crippen molar-refractivity contribution in [2.75, 3.05) is 13.7 Å². The maximum absolute atomic E-state index is 8.38. The van der Waals surface area contributed by atoms with E-state index in [4.69, 9.17) is 5.11 Å². The van der Waals surface area contributed by atoms with Crippen LogP contribution in [0.15, 0.2) is 24.4 Å². The molecule has 0 aromatic carbocycles. The lowest BCUT2D eigenvalue weighted by Crippen LogP contribution is -1.92. The Morgan fingerprint density at radius 2 is 2.50 bits per heavy atom. The van der Waals surface area contributed by atoms with Crippen molar-refractivity contribution in [1.29, 1.82) is 0 Å². The van der Waals surface area contributed by atoms with Crippen LogP contribution in [0.2, 0.25) is 0 Å². The van der Waals surface area contributed by atoms with E-state index >= 15 is 0 Å². The van der Waals surface area contributed by atoms with Gasteiger partial charge in [0.1, 0.15) is 0 Å². The largest absolute Gasteiger partial charge is 0.394 e. The second-order valence-electron chi connectivity index (χ2n) is 1.44. The molecule has 2 N–H and O–H groups in total. The van der Waals surface area contributed by atoms with E-state index in [0.717, 1.165) is 0 Å². The fourth-order valence-electron chi connectivity index (χ4n) is 0.254. The Morgan fingerprint density at radius 3 is 2.88 bits per heavy atom. The van der Waals surface area contributed by atoms with Crippen LogP contribution in [-0.2, 0) is 0 Å². The molecular weight excluding hydrogens is 102 g/mol. The minimum absolute atomic E-state index is 0.0260. The van der Waals surface area contributed by atoms with Crippen LogP contribution in [-0.4, -0.2) is 18.8 Å². The highest BCUT2D eigenvalue weighted by atomic mass is 16.3. The molecule has 0 aliphatic rings. The molecule has 2 heteroatoms. The van der Waals surface area contributed by atoms with Gasteiger partial charge in [-0.25, -0.2) is 0 Å².